The van der Waals surface area contributed by atoms with Gasteiger partial charge in [-0.25, -0.2) is 9.59 Å². The van der Waals surface area contributed by atoms with E-state index in [9.17, 15) is 14.9 Å². The van der Waals surface area contributed by atoms with Gasteiger partial charge in [-0.2, -0.15) is 5.26 Å². The van der Waals surface area contributed by atoms with E-state index in [0.29, 0.717) is 22.1 Å². The van der Waals surface area contributed by atoms with Gasteiger partial charge < -0.3 is 14.1 Å². The fraction of sp³-hybridized carbons (Fsp3) is 0.208. The molecule has 0 bridgehead atoms. The highest BCUT2D eigenvalue weighted by atomic mass is 16.5. The van der Waals surface area contributed by atoms with Gasteiger partial charge in [0.1, 0.15) is 23.8 Å². The minimum atomic E-state index is -0.749. The molecule has 152 valence electrons. The minimum Gasteiger partial charge on any atom is -0.457 e. The zero-order valence-electron chi connectivity index (χ0n) is 17.1. The van der Waals surface area contributed by atoms with E-state index in [-0.39, 0.29) is 12.2 Å². The molecule has 0 aliphatic heterocycles. The molecule has 0 spiro atoms. The van der Waals surface area contributed by atoms with Crippen LogP contribution in [-0.2, 0) is 22.6 Å². The highest BCUT2D eigenvalue weighted by Gasteiger charge is 2.13. The van der Waals surface area contributed by atoms with Crippen molar-refractivity contribution in [2.45, 2.75) is 20.0 Å². The zero-order chi connectivity index (χ0) is 21.7. The maximum absolute atomic E-state index is 12.4. The summed E-state index contributed by atoms with van der Waals surface area (Å²) in [7, 11) is 3.86. The van der Waals surface area contributed by atoms with Crippen LogP contribution in [0.1, 0.15) is 23.6 Å². The van der Waals surface area contributed by atoms with E-state index in [0.717, 1.165) is 17.7 Å². The van der Waals surface area contributed by atoms with Crippen LogP contribution in [-0.4, -0.2) is 20.1 Å². The molecule has 1 aromatic heterocycles. The third kappa shape index (κ3) is 4.76. The molecule has 0 amide bonds. The second kappa shape index (κ2) is 9.10. The Balaban J connectivity index is 1.80. The Bertz CT molecular complexity index is 1200. The second-order valence-electron chi connectivity index (χ2n) is 7.01. The van der Waals surface area contributed by atoms with E-state index in [1.807, 2.05) is 68.4 Å². The molecule has 3 rings (SSSR count). The third-order valence-corrected chi connectivity index (χ3v) is 4.72. The first-order chi connectivity index (χ1) is 14.4. The fourth-order valence-electron chi connectivity index (χ4n) is 3.01. The quantitative estimate of drug-likeness (QED) is 0.267. The van der Waals surface area contributed by atoms with Crippen molar-refractivity contribution in [3.8, 4) is 6.07 Å². The van der Waals surface area contributed by atoms with Crippen molar-refractivity contribution in [3.05, 3.63) is 81.2 Å². The summed E-state index contributed by atoms with van der Waals surface area (Å²) < 4.78 is 10.6. The van der Waals surface area contributed by atoms with Gasteiger partial charge in [0.25, 0.3) is 0 Å². The molecule has 6 nitrogen and oxygen atoms in total. The van der Waals surface area contributed by atoms with E-state index in [2.05, 4.69) is 0 Å². The van der Waals surface area contributed by atoms with E-state index in [1.165, 1.54) is 12.1 Å². The number of anilines is 1. The number of ether oxygens (including phenoxy) is 1. The first kappa shape index (κ1) is 20.9. The number of carbonyl (C=O) groups is 1. The lowest BCUT2D eigenvalue weighted by Crippen LogP contribution is -2.09. The van der Waals surface area contributed by atoms with E-state index >= 15 is 0 Å². The van der Waals surface area contributed by atoms with Crippen molar-refractivity contribution in [2.24, 2.45) is 0 Å². The van der Waals surface area contributed by atoms with Crippen molar-refractivity contribution in [2.75, 3.05) is 19.0 Å². The third-order valence-electron chi connectivity index (χ3n) is 4.72. The van der Waals surface area contributed by atoms with Crippen molar-refractivity contribution in [1.82, 2.24) is 0 Å². The lowest BCUT2D eigenvalue weighted by molar-refractivity contribution is -0.139. The molecule has 0 saturated carbocycles. The molecular formula is C24H22N2O4. The minimum absolute atomic E-state index is 0.117. The fourth-order valence-corrected chi connectivity index (χ4v) is 3.01. The van der Waals surface area contributed by atoms with Gasteiger partial charge in [0, 0.05) is 36.8 Å². The summed E-state index contributed by atoms with van der Waals surface area (Å²) in [6.45, 7) is 1.87. The van der Waals surface area contributed by atoms with Crippen molar-refractivity contribution in [1.29, 1.82) is 5.26 Å². The average molecular weight is 402 g/mol. The number of esters is 1. The Morgan fingerprint density at radius 2 is 1.90 bits per heavy atom. The highest BCUT2D eigenvalue weighted by Crippen LogP contribution is 2.21. The summed E-state index contributed by atoms with van der Waals surface area (Å²) in [5.74, 6) is -0.749. The van der Waals surface area contributed by atoms with E-state index < -0.39 is 11.6 Å². The molecular weight excluding hydrogens is 380 g/mol. The number of carbonyl (C=O) groups excluding carboxylic acids is 1. The molecule has 0 aliphatic rings. The highest BCUT2D eigenvalue weighted by molar-refractivity contribution is 5.98. The predicted molar refractivity (Wildman–Crippen MR) is 116 cm³/mol. The van der Waals surface area contributed by atoms with Gasteiger partial charge in [-0.15, -0.1) is 0 Å². The van der Waals surface area contributed by atoms with Crippen LogP contribution >= 0.6 is 0 Å². The molecule has 2 aromatic carbocycles. The number of hydrogen-bond acceptors (Lipinski definition) is 6. The summed E-state index contributed by atoms with van der Waals surface area (Å²) >= 11 is 0. The SMILES string of the molecule is CCc1ccc2c(COC(=O)/C(C#N)=C/c3ccc(N(C)C)cc3)cc(=O)oc2c1. The van der Waals surface area contributed by atoms with Crippen LogP contribution in [0.15, 0.2) is 63.3 Å². The van der Waals surface area contributed by atoms with Crippen LogP contribution < -0.4 is 10.5 Å². The van der Waals surface area contributed by atoms with Gasteiger partial charge in [-0.3, -0.25) is 0 Å². The molecule has 1 heterocycles. The monoisotopic (exact) mass is 402 g/mol. The molecule has 0 saturated heterocycles. The normalized spacial score (nSPS) is 11.2. The number of aryl methyl sites for hydroxylation is 1. The Morgan fingerprint density at radius 3 is 2.53 bits per heavy atom. The summed E-state index contributed by atoms with van der Waals surface area (Å²) in [5, 5.41) is 10.1. The molecule has 0 fully saturated rings. The number of hydrogen-bond donors (Lipinski definition) is 0. The van der Waals surface area contributed by atoms with Crippen LogP contribution in [0.25, 0.3) is 17.0 Å². The van der Waals surface area contributed by atoms with Crippen molar-refractivity contribution < 1.29 is 13.9 Å². The molecule has 0 N–H and O–H groups in total. The van der Waals surface area contributed by atoms with Crippen LogP contribution in [0, 0.1) is 11.3 Å². The van der Waals surface area contributed by atoms with Gasteiger partial charge in [-0.1, -0.05) is 31.2 Å². The summed E-state index contributed by atoms with van der Waals surface area (Å²) in [6, 6.07) is 16.2. The van der Waals surface area contributed by atoms with Crippen molar-refractivity contribution >= 4 is 28.7 Å². The van der Waals surface area contributed by atoms with Gasteiger partial charge in [0.05, 0.1) is 0 Å². The van der Waals surface area contributed by atoms with Gasteiger partial charge >= 0.3 is 11.6 Å². The second-order valence-corrected chi connectivity index (χ2v) is 7.01. The Hall–Kier alpha value is -3.85. The molecule has 0 aliphatic carbocycles. The molecule has 0 unspecified atom stereocenters. The first-order valence-electron chi connectivity index (χ1n) is 9.53. The van der Waals surface area contributed by atoms with Crippen LogP contribution in [0.3, 0.4) is 0 Å². The van der Waals surface area contributed by atoms with Crippen LogP contribution in [0.2, 0.25) is 0 Å². The number of rotatable bonds is 6. The Kier molecular flexibility index (Phi) is 6.33. The molecule has 3 aromatic rings. The standard InChI is InChI=1S/C24H22N2O4/c1-4-16-7-10-21-19(13-23(27)30-22(21)12-16)15-29-24(28)18(14-25)11-17-5-8-20(9-6-17)26(2)3/h5-13H,4,15H2,1-3H3/b18-11+. The summed E-state index contributed by atoms with van der Waals surface area (Å²) in [5.41, 5.74) is 3.11. The Morgan fingerprint density at radius 1 is 1.17 bits per heavy atom. The number of nitriles is 1. The van der Waals surface area contributed by atoms with E-state index in [4.69, 9.17) is 9.15 Å². The zero-order valence-corrected chi connectivity index (χ0v) is 17.1. The van der Waals surface area contributed by atoms with Gasteiger partial charge in [-0.05, 0) is 41.8 Å². The maximum atomic E-state index is 12.4. The van der Waals surface area contributed by atoms with Crippen LogP contribution in [0.4, 0.5) is 5.69 Å². The van der Waals surface area contributed by atoms with Gasteiger partial charge in [0.15, 0.2) is 0 Å². The predicted octanol–water partition coefficient (Wildman–Crippen LogP) is 4.07. The molecule has 0 radical (unpaired) electrons. The summed E-state index contributed by atoms with van der Waals surface area (Å²) in [6.07, 6.45) is 2.29. The smallest absolute Gasteiger partial charge is 0.349 e. The van der Waals surface area contributed by atoms with Crippen LogP contribution in [0.5, 0.6) is 0 Å². The molecule has 30 heavy (non-hydrogen) atoms. The lowest BCUT2D eigenvalue weighted by Gasteiger charge is -2.12. The molecule has 6 heteroatoms. The maximum Gasteiger partial charge on any atom is 0.349 e. The van der Waals surface area contributed by atoms with Gasteiger partial charge in [0.2, 0.25) is 0 Å². The Labute approximate surface area is 174 Å². The first-order valence-corrected chi connectivity index (χ1v) is 9.53. The molecule has 0 atom stereocenters. The number of benzene rings is 2. The largest absolute Gasteiger partial charge is 0.457 e. The van der Waals surface area contributed by atoms with Crippen molar-refractivity contribution in [3.63, 3.8) is 0 Å². The number of nitrogens with zero attached hydrogens (tertiary/aromatic N) is 2. The topological polar surface area (TPSA) is 83.5 Å². The summed E-state index contributed by atoms with van der Waals surface area (Å²) in [4.78, 5) is 26.3. The number of fused-ring (bicyclic) bond motifs is 1. The lowest BCUT2D eigenvalue weighted by atomic mass is 10.1. The average Bonchev–Trinajstić information content (AvgIpc) is 2.75. The van der Waals surface area contributed by atoms with E-state index in [1.54, 1.807) is 6.07 Å².